The van der Waals surface area contributed by atoms with Gasteiger partial charge in [0.25, 0.3) is 0 Å². The second-order valence-corrected chi connectivity index (χ2v) is 4.29. The zero-order valence-electron chi connectivity index (χ0n) is 6.51. The monoisotopic (exact) mass is 205 g/mol. The van der Waals surface area contributed by atoms with Gasteiger partial charge in [-0.25, -0.2) is 4.98 Å². The SMILES string of the molecule is OCC(O)CSCc1nccs1. The van der Waals surface area contributed by atoms with Crippen molar-refractivity contribution in [1.29, 1.82) is 0 Å². The minimum Gasteiger partial charge on any atom is -0.394 e. The van der Waals surface area contributed by atoms with Crippen molar-refractivity contribution in [2.24, 2.45) is 0 Å². The summed E-state index contributed by atoms with van der Waals surface area (Å²) in [6, 6.07) is 0. The molecule has 12 heavy (non-hydrogen) atoms. The van der Waals surface area contributed by atoms with Crippen molar-refractivity contribution in [2.45, 2.75) is 11.9 Å². The zero-order chi connectivity index (χ0) is 8.81. The molecule has 0 saturated carbocycles. The van der Waals surface area contributed by atoms with E-state index in [4.69, 9.17) is 10.2 Å². The predicted octanol–water partition coefficient (Wildman–Crippen LogP) is 0.730. The van der Waals surface area contributed by atoms with E-state index in [1.54, 1.807) is 29.3 Å². The average Bonchev–Trinajstić information content (AvgIpc) is 2.57. The van der Waals surface area contributed by atoms with Crippen LogP contribution in [0.1, 0.15) is 5.01 Å². The highest BCUT2D eigenvalue weighted by atomic mass is 32.2. The second kappa shape index (κ2) is 5.53. The number of aliphatic hydroxyl groups excluding tert-OH is 2. The Hall–Kier alpha value is -0.100. The topological polar surface area (TPSA) is 53.4 Å². The van der Waals surface area contributed by atoms with E-state index < -0.39 is 6.10 Å². The Bertz CT molecular complexity index is 203. The molecule has 1 heterocycles. The minimum atomic E-state index is -0.602. The maximum absolute atomic E-state index is 9.00. The van der Waals surface area contributed by atoms with Gasteiger partial charge in [0.15, 0.2) is 0 Å². The molecule has 0 spiro atoms. The highest BCUT2D eigenvalue weighted by Crippen LogP contribution is 2.14. The van der Waals surface area contributed by atoms with Gasteiger partial charge in [0.1, 0.15) is 5.01 Å². The van der Waals surface area contributed by atoms with Crippen LogP contribution in [0.2, 0.25) is 0 Å². The van der Waals surface area contributed by atoms with Gasteiger partial charge >= 0.3 is 0 Å². The molecule has 0 aliphatic rings. The number of rotatable bonds is 5. The van der Waals surface area contributed by atoms with E-state index in [0.29, 0.717) is 5.75 Å². The molecule has 0 bridgehead atoms. The minimum absolute atomic E-state index is 0.162. The van der Waals surface area contributed by atoms with Gasteiger partial charge in [-0.1, -0.05) is 0 Å². The van der Waals surface area contributed by atoms with Gasteiger partial charge in [-0.05, 0) is 0 Å². The summed E-state index contributed by atoms with van der Waals surface area (Å²) < 4.78 is 0. The van der Waals surface area contributed by atoms with Crippen LogP contribution in [0.4, 0.5) is 0 Å². The molecule has 0 radical (unpaired) electrons. The van der Waals surface area contributed by atoms with Gasteiger partial charge < -0.3 is 10.2 Å². The van der Waals surface area contributed by atoms with E-state index in [0.717, 1.165) is 10.8 Å². The highest BCUT2D eigenvalue weighted by molar-refractivity contribution is 7.98. The summed E-state index contributed by atoms with van der Waals surface area (Å²) in [5.41, 5.74) is 0. The van der Waals surface area contributed by atoms with Crippen molar-refractivity contribution in [3.63, 3.8) is 0 Å². The van der Waals surface area contributed by atoms with Crippen LogP contribution in [-0.2, 0) is 5.75 Å². The number of nitrogens with zero attached hydrogens (tertiary/aromatic N) is 1. The molecule has 0 fully saturated rings. The molecule has 1 unspecified atom stereocenters. The summed E-state index contributed by atoms with van der Waals surface area (Å²) >= 11 is 3.19. The van der Waals surface area contributed by atoms with Crippen LogP contribution < -0.4 is 0 Å². The molecule has 0 saturated heterocycles. The van der Waals surface area contributed by atoms with Crippen molar-refractivity contribution in [2.75, 3.05) is 12.4 Å². The summed E-state index contributed by atoms with van der Waals surface area (Å²) in [4.78, 5) is 4.09. The third-order valence-electron chi connectivity index (χ3n) is 1.23. The Morgan fingerprint density at radius 2 is 2.50 bits per heavy atom. The molecule has 1 aromatic rings. The summed E-state index contributed by atoms with van der Waals surface area (Å²) in [6.45, 7) is -0.162. The molecule has 0 aliphatic carbocycles. The summed E-state index contributed by atoms with van der Waals surface area (Å²) in [5, 5.41) is 20.5. The smallest absolute Gasteiger partial charge is 0.102 e. The molecule has 1 aromatic heterocycles. The van der Waals surface area contributed by atoms with Crippen molar-refractivity contribution in [3.8, 4) is 0 Å². The molecule has 1 rings (SSSR count). The predicted molar refractivity (Wildman–Crippen MR) is 51.4 cm³/mol. The van der Waals surface area contributed by atoms with E-state index in [1.807, 2.05) is 5.38 Å². The van der Waals surface area contributed by atoms with E-state index in [2.05, 4.69) is 4.98 Å². The van der Waals surface area contributed by atoms with Crippen molar-refractivity contribution < 1.29 is 10.2 Å². The Morgan fingerprint density at radius 3 is 3.08 bits per heavy atom. The molecular weight excluding hydrogens is 194 g/mol. The van der Waals surface area contributed by atoms with Gasteiger partial charge in [0, 0.05) is 23.1 Å². The van der Waals surface area contributed by atoms with E-state index >= 15 is 0 Å². The van der Waals surface area contributed by atoms with Gasteiger partial charge in [0.2, 0.25) is 0 Å². The van der Waals surface area contributed by atoms with Crippen LogP contribution in [0.25, 0.3) is 0 Å². The Morgan fingerprint density at radius 1 is 1.67 bits per heavy atom. The molecule has 3 nitrogen and oxygen atoms in total. The Kier molecular flexibility index (Phi) is 4.60. The first-order valence-corrected chi connectivity index (χ1v) is 5.61. The van der Waals surface area contributed by atoms with E-state index in [1.165, 1.54) is 0 Å². The first-order valence-electron chi connectivity index (χ1n) is 3.58. The zero-order valence-corrected chi connectivity index (χ0v) is 8.14. The fraction of sp³-hybridized carbons (Fsp3) is 0.571. The number of hydrogen-bond acceptors (Lipinski definition) is 5. The van der Waals surface area contributed by atoms with E-state index in [-0.39, 0.29) is 6.61 Å². The fourth-order valence-corrected chi connectivity index (χ4v) is 2.33. The maximum atomic E-state index is 9.00. The van der Waals surface area contributed by atoms with Crippen LogP contribution in [0.5, 0.6) is 0 Å². The highest BCUT2D eigenvalue weighted by Gasteiger charge is 2.02. The normalized spacial score (nSPS) is 13.2. The molecular formula is C7H11NO2S2. The fourth-order valence-electron chi connectivity index (χ4n) is 0.659. The van der Waals surface area contributed by atoms with Crippen LogP contribution in [0, 0.1) is 0 Å². The Balaban J connectivity index is 2.11. The number of thioether (sulfide) groups is 1. The van der Waals surface area contributed by atoms with Crippen LogP contribution in [0.15, 0.2) is 11.6 Å². The summed E-state index contributed by atoms with van der Waals surface area (Å²) in [6.07, 6.45) is 1.17. The van der Waals surface area contributed by atoms with Crippen molar-refractivity contribution in [1.82, 2.24) is 4.98 Å². The third-order valence-corrected chi connectivity index (χ3v) is 3.29. The average molecular weight is 205 g/mol. The number of thiazole rings is 1. The molecule has 1 atom stereocenters. The molecule has 0 aliphatic heterocycles. The molecule has 0 aromatic carbocycles. The second-order valence-electron chi connectivity index (χ2n) is 2.28. The number of aliphatic hydroxyl groups is 2. The molecule has 5 heteroatoms. The molecule has 2 N–H and O–H groups in total. The standard InChI is InChI=1S/C7H11NO2S2/c9-3-6(10)4-11-5-7-8-1-2-12-7/h1-2,6,9-10H,3-5H2. The Labute approximate surface area is 79.5 Å². The lowest BCUT2D eigenvalue weighted by Crippen LogP contribution is -2.14. The van der Waals surface area contributed by atoms with Gasteiger partial charge in [-0.2, -0.15) is 11.8 Å². The van der Waals surface area contributed by atoms with E-state index in [9.17, 15) is 0 Å². The number of aromatic nitrogens is 1. The lowest BCUT2D eigenvalue weighted by atomic mass is 10.4. The van der Waals surface area contributed by atoms with Crippen LogP contribution in [0.3, 0.4) is 0 Å². The number of hydrogen-bond donors (Lipinski definition) is 2. The summed E-state index contributed by atoms with van der Waals surface area (Å²) in [5.74, 6) is 1.38. The lowest BCUT2D eigenvalue weighted by Gasteiger charge is -2.04. The first-order chi connectivity index (χ1) is 5.83. The van der Waals surface area contributed by atoms with Crippen LogP contribution >= 0.6 is 23.1 Å². The quantitative estimate of drug-likeness (QED) is 0.744. The summed E-state index contributed by atoms with van der Waals surface area (Å²) in [7, 11) is 0. The van der Waals surface area contributed by atoms with Crippen molar-refractivity contribution in [3.05, 3.63) is 16.6 Å². The lowest BCUT2D eigenvalue weighted by molar-refractivity contribution is 0.113. The van der Waals surface area contributed by atoms with Gasteiger partial charge in [-0.15, -0.1) is 11.3 Å². The maximum Gasteiger partial charge on any atom is 0.102 e. The van der Waals surface area contributed by atoms with Gasteiger partial charge in [-0.3, -0.25) is 0 Å². The third kappa shape index (κ3) is 3.53. The molecule has 68 valence electrons. The largest absolute Gasteiger partial charge is 0.394 e. The first kappa shape index (κ1) is 9.98. The van der Waals surface area contributed by atoms with Crippen molar-refractivity contribution >= 4 is 23.1 Å². The van der Waals surface area contributed by atoms with Gasteiger partial charge in [0.05, 0.1) is 12.7 Å². The molecule has 0 amide bonds. The van der Waals surface area contributed by atoms with Crippen LogP contribution in [-0.4, -0.2) is 33.7 Å².